The third-order valence-electron chi connectivity index (χ3n) is 7.10. The number of carbonyl (C=O) groups is 3. The molecule has 0 saturated carbocycles. The number of carbonyl (C=O) groups excluding carboxylic acids is 3. The Kier molecular flexibility index (Phi) is 9.87. The van der Waals surface area contributed by atoms with Gasteiger partial charge < -0.3 is 40.3 Å². The van der Waals surface area contributed by atoms with Gasteiger partial charge >= 0.3 is 12.1 Å². The van der Waals surface area contributed by atoms with Crippen molar-refractivity contribution in [2.45, 2.75) is 26.0 Å². The highest BCUT2D eigenvalue weighted by Gasteiger charge is 2.34. The second-order valence-electron chi connectivity index (χ2n) is 10.3. The van der Waals surface area contributed by atoms with Crippen LogP contribution in [-0.2, 0) is 0 Å². The van der Waals surface area contributed by atoms with Gasteiger partial charge in [-0.1, -0.05) is 25.1 Å². The number of hydrogen-bond donors (Lipinski definition) is 4. The minimum atomic E-state index is -0.475. The third kappa shape index (κ3) is 7.49. The van der Waals surface area contributed by atoms with Crippen LogP contribution < -0.4 is 25.4 Å². The van der Waals surface area contributed by atoms with E-state index in [4.69, 9.17) is 9.47 Å². The predicted molar refractivity (Wildman–Crippen MR) is 161 cm³/mol. The van der Waals surface area contributed by atoms with Crippen LogP contribution in [0.3, 0.4) is 0 Å². The number of hydrogen-bond acceptors (Lipinski definition) is 6. The van der Waals surface area contributed by atoms with Crippen LogP contribution in [0.2, 0.25) is 0 Å². The van der Waals surface area contributed by atoms with Gasteiger partial charge in [-0.25, -0.2) is 9.59 Å². The molecule has 1 aliphatic heterocycles. The van der Waals surface area contributed by atoms with Crippen LogP contribution in [0.5, 0.6) is 11.5 Å². The van der Waals surface area contributed by atoms with E-state index in [9.17, 15) is 19.5 Å². The van der Waals surface area contributed by atoms with Crippen molar-refractivity contribution in [3.8, 4) is 11.5 Å². The van der Waals surface area contributed by atoms with Crippen molar-refractivity contribution < 1.29 is 29.0 Å². The van der Waals surface area contributed by atoms with E-state index in [0.717, 1.165) is 0 Å². The molecule has 11 nitrogen and oxygen atoms in total. The SMILES string of the molecule is COc1ccc(NC(=O)N(C)C[C@@H]2Oc3ccc(NC(=O)Nc4ccccc4)cc3C(=O)N([C@@H](C)CO)C[C@@H]2C)cc1. The summed E-state index contributed by atoms with van der Waals surface area (Å²) < 4.78 is 11.5. The number of amides is 5. The van der Waals surface area contributed by atoms with Gasteiger partial charge in [-0.2, -0.15) is 0 Å². The topological polar surface area (TPSA) is 132 Å². The Balaban J connectivity index is 1.53. The molecule has 42 heavy (non-hydrogen) atoms. The van der Waals surface area contributed by atoms with E-state index in [-0.39, 0.29) is 36.6 Å². The largest absolute Gasteiger partial charge is 0.497 e. The van der Waals surface area contributed by atoms with Gasteiger partial charge in [0.25, 0.3) is 5.91 Å². The number of nitrogens with zero attached hydrogens (tertiary/aromatic N) is 2. The zero-order chi connectivity index (χ0) is 30.2. The van der Waals surface area contributed by atoms with Gasteiger partial charge in [0.2, 0.25) is 0 Å². The maximum Gasteiger partial charge on any atom is 0.323 e. The molecule has 1 aliphatic rings. The zero-order valence-corrected chi connectivity index (χ0v) is 24.2. The monoisotopic (exact) mass is 575 g/mol. The molecule has 5 amide bonds. The van der Waals surface area contributed by atoms with E-state index < -0.39 is 18.2 Å². The average molecular weight is 576 g/mol. The van der Waals surface area contributed by atoms with Crippen LogP contribution in [0.15, 0.2) is 72.8 Å². The summed E-state index contributed by atoms with van der Waals surface area (Å²) in [4.78, 5) is 42.4. The molecule has 3 atom stereocenters. The lowest BCUT2D eigenvalue weighted by atomic mass is 9.99. The third-order valence-corrected chi connectivity index (χ3v) is 7.10. The number of fused-ring (bicyclic) bond motifs is 1. The Labute approximate surface area is 245 Å². The van der Waals surface area contributed by atoms with Crippen molar-refractivity contribution in [3.05, 3.63) is 78.4 Å². The Morgan fingerprint density at radius 3 is 2.33 bits per heavy atom. The summed E-state index contributed by atoms with van der Waals surface area (Å²) >= 11 is 0. The maximum absolute atomic E-state index is 13.7. The van der Waals surface area contributed by atoms with Crippen molar-refractivity contribution in [3.63, 3.8) is 0 Å². The molecular weight excluding hydrogens is 538 g/mol. The van der Waals surface area contributed by atoms with E-state index in [1.165, 1.54) is 4.90 Å². The first-order chi connectivity index (χ1) is 20.2. The molecule has 0 fully saturated rings. The number of methoxy groups -OCH3 is 1. The Morgan fingerprint density at radius 2 is 1.67 bits per heavy atom. The average Bonchev–Trinajstić information content (AvgIpc) is 2.99. The van der Waals surface area contributed by atoms with Gasteiger partial charge in [-0.05, 0) is 61.5 Å². The molecule has 4 rings (SSSR count). The molecule has 0 spiro atoms. The highest BCUT2D eigenvalue weighted by Crippen LogP contribution is 2.31. The molecule has 222 valence electrons. The fourth-order valence-electron chi connectivity index (χ4n) is 4.58. The highest BCUT2D eigenvalue weighted by atomic mass is 16.5. The quantitative estimate of drug-likeness (QED) is 0.307. The summed E-state index contributed by atoms with van der Waals surface area (Å²) in [5, 5.41) is 18.3. The summed E-state index contributed by atoms with van der Waals surface area (Å²) in [6, 6.07) is 19.6. The van der Waals surface area contributed by atoms with Crippen LogP contribution in [0.25, 0.3) is 0 Å². The van der Waals surface area contributed by atoms with Gasteiger partial charge in [-0.3, -0.25) is 4.79 Å². The fraction of sp³-hybridized carbons (Fsp3) is 0.323. The molecule has 0 saturated heterocycles. The van der Waals surface area contributed by atoms with Crippen molar-refractivity contribution in [2.24, 2.45) is 5.92 Å². The lowest BCUT2D eigenvalue weighted by Gasteiger charge is -2.38. The summed E-state index contributed by atoms with van der Waals surface area (Å²) in [5.41, 5.74) is 1.89. The molecule has 11 heteroatoms. The van der Waals surface area contributed by atoms with Crippen LogP contribution in [0.1, 0.15) is 24.2 Å². The molecule has 3 aromatic carbocycles. The van der Waals surface area contributed by atoms with Gasteiger partial charge in [0.15, 0.2) is 0 Å². The smallest absolute Gasteiger partial charge is 0.323 e. The standard InChI is InChI=1S/C31H37N5O6/c1-20-17-36(21(2)19-37)29(38)26-16-24(33-30(39)32-22-8-6-5-7-9-22)12-15-27(26)42-28(20)18-35(3)31(40)34-23-10-13-25(41-4)14-11-23/h5-16,20-21,28,37H,17-19H2,1-4H3,(H,34,40)(H2,32,33,39)/t20-,21-,28-/m0/s1. The molecular formula is C31H37N5O6. The predicted octanol–water partition coefficient (Wildman–Crippen LogP) is 4.72. The molecule has 1 heterocycles. The second-order valence-corrected chi connectivity index (χ2v) is 10.3. The first-order valence-corrected chi connectivity index (χ1v) is 13.7. The molecule has 0 unspecified atom stereocenters. The number of benzene rings is 3. The lowest BCUT2D eigenvalue weighted by molar-refractivity contribution is 0.0371. The van der Waals surface area contributed by atoms with E-state index in [2.05, 4.69) is 16.0 Å². The summed E-state index contributed by atoms with van der Waals surface area (Å²) in [6.45, 7) is 4.02. The maximum atomic E-state index is 13.7. The van der Waals surface area contributed by atoms with Crippen molar-refractivity contribution in [1.29, 1.82) is 0 Å². The first kappa shape index (κ1) is 30.2. The van der Waals surface area contributed by atoms with E-state index in [1.54, 1.807) is 80.6 Å². The molecule has 0 bridgehead atoms. The number of rotatable bonds is 8. The van der Waals surface area contributed by atoms with Crippen molar-refractivity contribution in [2.75, 3.05) is 49.8 Å². The van der Waals surface area contributed by atoms with Crippen molar-refractivity contribution in [1.82, 2.24) is 9.80 Å². The number of ether oxygens (including phenoxy) is 2. The van der Waals surface area contributed by atoms with Crippen LogP contribution in [0.4, 0.5) is 26.7 Å². The lowest BCUT2D eigenvalue weighted by Crippen LogP contribution is -2.50. The molecule has 3 aromatic rings. The number of urea groups is 2. The normalized spacial score (nSPS) is 17.1. The number of likely N-dealkylation sites (N-methyl/N-ethyl adjacent to an activating group) is 1. The van der Waals surface area contributed by atoms with Crippen LogP contribution in [-0.4, -0.2) is 78.9 Å². The Hall–Kier alpha value is -4.77. The summed E-state index contributed by atoms with van der Waals surface area (Å²) in [5.74, 6) is 0.504. The Morgan fingerprint density at radius 1 is 1.02 bits per heavy atom. The number of para-hydroxylation sites is 1. The minimum Gasteiger partial charge on any atom is -0.497 e. The van der Waals surface area contributed by atoms with E-state index >= 15 is 0 Å². The first-order valence-electron chi connectivity index (χ1n) is 13.7. The summed E-state index contributed by atoms with van der Waals surface area (Å²) in [6.07, 6.45) is -0.475. The highest BCUT2D eigenvalue weighted by molar-refractivity contribution is 6.02. The number of aliphatic hydroxyl groups excluding tert-OH is 1. The second kappa shape index (κ2) is 13.7. The van der Waals surface area contributed by atoms with Gasteiger partial charge in [0.1, 0.15) is 17.6 Å². The summed E-state index contributed by atoms with van der Waals surface area (Å²) in [7, 11) is 3.25. The number of nitrogens with one attached hydrogen (secondary N) is 3. The van der Waals surface area contributed by atoms with Gasteiger partial charge in [0.05, 0.1) is 31.9 Å². The molecule has 0 radical (unpaired) electrons. The van der Waals surface area contributed by atoms with E-state index in [1.807, 2.05) is 25.1 Å². The molecule has 0 aromatic heterocycles. The minimum absolute atomic E-state index is 0.179. The fourth-order valence-corrected chi connectivity index (χ4v) is 4.58. The van der Waals surface area contributed by atoms with E-state index in [0.29, 0.717) is 35.1 Å². The number of anilines is 3. The zero-order valence-electron chi connectivity index (χ0n) is 24.2. The Bertz CT molecular complexity index is 1380. The van der Waals surface area contributed by atoms with Crippen molar-refractivity contribution >= 4 is 35.0 Å². The number of aliphatic hydroxyl groups is 1. The van der Waals surface area contributed by atoms with Gasteiger partial charge in [-0.15, -0.1) is 0 Å². The van der Waals surface area contributed by atoms with Crippen LogP contribution in [0, 0.1) is 5.92 Å². The van der Waals surface area contributed by atoms with Gasteiger partial charge in [0, 0.05) is 36.6 Å². The van der Waals surface area contributed by atoms with Crippen LogP contribution >= 0.6 is 0 Å². The molecule has 0 aliphatic carbocycles. The molecule has 4 N–H and O–H groups in total.